The Morgan fingerprint density at radius 2 is 2.00 bits per heavy atom. The highest BCUT2D eigenvalue weighted by Crippen LogP contribution is 2.32. The molecule has 0 aromatic carbocycles. The van der Waals surface area contributed by atoms with Gasteiger partial charge in [0.2, 0.25) is 0 Å². The quantitative estimate of drug-likeness (QED) is 0.560. The Kier molecular flexibility index (Phi) is 2.31. The summed E-state index contributed by atoms with van der Waals surface area (Å²) in [4.78, 5) is 0. The van der Waals surface area contributed by atoms with Gasteiger partial charge in [-0.15, -0.1) is 0 Å². The van der Waals surface area contributed by atoms with Crippen molar-refractivity contribution in [1.82, 2.24) is 0 Å². The van der Waals surface area contributed by atoms with Crippen molar-refractivity contribution in [3.05, 3.63) is 31.4 Å². The Balaban J connectivity index is 2.11. The zero-order valence-electron chi connectivity index (χ0n) is 7.45. The number of allylic oxidation sites excluding steroid dienone is 3. The number of quaternary nitrogens is 1. The highest BCUT2D eigenvalue weighted by molar-refractivity contribution is 5.16. The molecule has 0 amide bonds. The van der Waals surface area contributed by atoms with E-state index in [2.05, 4.69) is 36.7 Å². The summed E-state index contributed by atoms with van der Waals surface area (Å²) >= 11 is 0. The van der Waals surface area contributed by atoms with Gasteiger partial charge in [-0.05, 0) is 25.2 Å². The molecule has 1 fully saturated rings. The molecule has 2 rings (SSSR count). The summed E-state index contributed by atoms with van der Waals surface area (Å²) in [6, 6.07) is 0.727. The van der Waals surface area contributed by atoms with Crippen LogP contribution in [0, 0.1) is 18.9 Å². The summed E-state index contributed by atoms with van der Waals surface area (Å²) in [5, 5.41) is 2.14. The molecule has 0 bridgehead atoms. The van der Waals surface area contributed by atoms with Crippen molar-refractivity contribution < 1.29 is 5.32 Å². The second-order valence-electron chi connectivity index (χ2n) is 3.84. The molecule has 2 aliphatic rings. The van der Waals surface area contributed by atoms with Crippen molar-refractivity contribution >= 4 is 0 Å². The lowest BCUT2D eigenvalue weighted by molar-refractivity contribution is -0.643. The largest absolute Gasteiger partial charge is 0.476 e. The third-order valence-corrected chi connectivity index (χ3v) is 3.17. The molecule has 0 radical (unpaired) electrons. The fraction of sp³-hybridized carbons (Fsp3) is 0.545. The zero-order valence-corrected chi connectivity index (χ0v) is 7.45. The van der Waals surface area contributed by atoms with Gasteiger partial charge < -0.3 is 5.32 Å². The number of hydrogen-bond donors (Lipinski definition) is 1. The molecule has 1 saturated carbocycles. The normalized spacial score (nSPS) is 39.6. The average Bonchev–Trinajstić information content (AvgIpc) is 2.17. The lowest BCUT2D eigenvalue weighted by atomic mass is 9.74. The van der Waals surface area contributed by atoms with Crippen molar-refractivity contribution in [3.8, 4) is 0 Å². The van der Waals surface area contributed by atoms with E-state index >= 15 is 0 Å². The molecule has 2 N–H and O–H groups in total. The first-order valence-corrected chi connectivity index (χ1v) is 4.89. The van der Waals surface area contributed by atoms with Crippen molar-refractivity contribution in [2.75, 3.05) is 0 Å². The van der Waals surface area contributed by atoms with Crippen LogP contribution < -0.4 is 5.32 Å². The smallest absolute Gasteiger partial charge is 0.0689 e. The number of rotatable bonds is 1. The van der Waals surface area contributed by atoms with Gasteiger partial charge in [-0.2, -0.15) is 7.05 Å². The van der Waals surface area contributed by atoms with Crippen molar-refractivity contribution in [3.63, 3.8) is 0 Å². The molecule has 3 atom stereocenters. The average molecular weight is 163 g/mol. The maximum atomic E-state index is 3.92. The molecule has 0 aromatic heterocycles. The van der Waals surface area contributed by atoms with Crippen LogP contribution >= 0.6 is 0 Å². The van der Waals surface area contributed by atoms with E-state index in [9.17, 15) is 0 Å². The maximum absolute atomic E-state index is 3.92. The SMILES string of the molecule is [CH2-][NH2+]C1CCCC2C=CC=CC21. The summed E-state index contributed by atoms with van der Waals surface area (Å²) in [5.41, 5.74) is 0. The van der Waals surface area contributed by atoms with Gasteiger partial charge in [0, 0.05) is 5.92 Å². The predicted molar refractivity (Wildman–Crippen MR) is 50.2 cm³/mol. The van der Waals surface area contributed by atoms with Crippen molar-refractivity contribution in [1.29, 1.82) is 0 Å². The Bertz CT molecular complexity index is 205. The maximum Gasteiger partial charge on any atom is 0.0689 e. The van der Waals surface area contributed by atoms with Gasteiger partial charge in [0.25, 0.3) is 0 Å². The Morgan fingerprint density at radius 1 is 1.17 bits per heavy atom. The third kappa shape index (κ3) is 1.34. The highest BCUT2D eigenvalue weighted by Gasteiger charge is 2.31. The summed E-state index contributed by atoms with van der Waals surface area (Å²) < 4.78 is 0. The van der Waals surface area contributed by atoms with Crippen LogP contribution in [0.15, 0.2) is 24.3 Å². The number of hydrogen-bond acceptors (Lipinski definition) is 0. The Morgan fingerprint density at radius 3 is 2.83 bits per heavy atom. The van der Waals surface area contributed by atoms with Crippen molar-refractivity contribution in [2.45, 2.75) is 25.3 Å². The van der Waals surface area contributed by atoms with E-state index in [0.29, 0.717) is 0 Å². The topological polar surface area (TPSA) is 16.6 Å². The molecule has 66 valence electrons. The van der Waals surface area contributed by atoms with Gasteiger partial charge in [0.05, 0.1) is 6.04 Å². The fourth-order valence-electron chi connectivity index (χ4n) is 2.48. The Hall–Kier alpha value is -0.560. The van der Waals surface area contributed by atoms with E-state index in [1.165, 1.54) is 19.3 Å². The van der Waals surface area contributed by atoms with Crippen LogP contribution in [-0.2, 0) is 0 Å². The molecule has 0 aromatic rings. The molecule has 2 aliphatic carbocycles. The first-order chi connectivity index (χ1) is 5.92. The monoisotopic (exact) mass is 163 g/mol. The van der Waals surface area contributed by atoms with Gasteiger partial charge in [0.1, 0.15) is 0 Å². The van der Waals surface area contributed by atoms with Crippen LogP contribution in [0.4, 0.5) is 0 Å². The highest BCUT2D eigenvalue weighted by atomic mass is 14.9. The molecule has 0 aliphatic heterocycles. The molecule has 0 saturated heterocycles. The van der Waals surface area contributed by atoms with E-state index in [4.69, 9.17) is 0 Å². The number of fused-ring (bicyclic) bond motifs is 1. The zero-order chi connectivity index (χ0) is 8.39. The van der Waals surface area contributed by atoms with Crippen LogP contribution in [-0.4, -0.2) is 6.04 Å². The molecule has 0 spiro atoms. The van der Waals surface area contributed by atoms with Crippen LogP contribution in [0.3, 0.4) is 0 Å². The second-order valence-corrected chi connectivity index (χ2v) is 3.84. The molecule has 1 heteroatoms. The summed E-state index contributed by atoms with van der Waals surface area (Å²) in [6.07, 6.45) is 13.2. The standard InChI is InChI=1S/C11H17N/c1-12-11-8-4-6-9-5-2-3-7-10(9)11/h2-3,5,7,9-11H,1,4,6,8,12H2. The minimum atomic E-state index is 0.727. The van der Waals surface area contributed by atoms with Crippen LogP contribution in [0.25, 0.3) is 0 Å². The van der Waals surface area contributed by atoms with Gasteiger partial charge in [0.15, 0.2) is 0 Å². The van der Waals surface area contributed by atoms with Gasteiger partial charge in [-0.1, -0.05) is 24.3 Å². The lowest BCUT2D eigenvalue weighted by Crippen LogP contribution is -2.86. The minimum absolute atomic E-state index is 0.727. The van der Waals surface area contributed by atoms with Crippen LogP contribution in [0.2, 0.25) is 0 Å². The first-order valence-electron chi connectivity index (χ1n) is 4.89. The van der Waals surface area contributed by atoms with Crippen LogP contribution in [0.5, 0.6) is 0 Å². The molecular formula is C11H17N. The van der Waals surface area contributed by atoms with E-state index in [-0.39, 0.29) is 0 Å². The minimum Gasteiger partial charge on any atom is -0.476 e. The Labute approximate surface area is 74.5 Å². The summed E-state index contributed by atoms with van der Waals surface area (Å²) in [7, 11) is 3.92. The van der Waals surface area contributed by atoms with E-state index in [1.54, 1.807) is 0 Å². The molecule has 12 heavy (non-hydrogen) atoms. The predicted octanol–water partition coefficient (Wildman–Crippen LogP) is 1.25. The first kappa shape index (κ1) is 8.06. The van der Waals surface area contributed by atoms with Crippen molar-refractivity contribution in [2.24, 2.45) is 11.8 Å². The number of nitrogens with two attached hydrogens (primary N) is 1. The van der Waals surface area contributed by atoms with Gasteiger partial charge in [-0.25, -0.2) is 0 Å². The van der Waals surface area contributed by atoms with E-state index < -0.39 is 0 Å². The molecule has 1 nitrogen and oxygen atoms in total. The lowest BCUT2D eigenvalue weighted by Gasteiger charge is -2.35. The van der Waals surface area contributed by atoms with Gasteiger partial charge >= 0.3 is 0 Å². The van der Waals surface area contributed by atoms with Crippen LogP contribution in [0.1, 0.15) is 19.3 Å². The summed E-state index contributed by atoms with van der Waals surface area (Å²) in [6.45, 7) is 0. The molecule has 3 unspecified atom stereocenters. The van der Waals surface area contributed by atoms with E-state index in [0.717, 1.165) is 17.9 Å². The molecule has 0 heterocycles. The third-order valence-electron chi connectivity index (χ3n) is 3.17. The fourth-order valence-corrected chi connectivity index (χ4v) is 2.48. The summed E-state index contributed by atoms with van der Waals surface area (Å²) in [5.74, 6) is 1.55. The second kappa shape index (κ2) is 3.44. The van der Waals surface area contributed by atoms with E-state index in [1.807, 2.05) is 0 Å². The molecular weight excluding hydrogens is 146 g/mol. The van der Waals surface area contributed by atoms with Gasteiger partial charge in [-0.3, -0.25) is 0 Å².